The van der Waals surface area contributed by atoms with Gasteiger partial charge in [0.05, 0.1) is 0 Å². The van der Waals surface area contributed by atoms with Gasteiger partial charge in [0.2, 0.25) is 0 Å². The van der Waals surface area contributed by atoms with E-state index in [-0.39, 0.29) is 18.4 Å². The molecule has 37 heavy (non-hydrogen) atoms. The summed E-state index contributed by atoms with van der Waals surface area (Å²) in [5, 5.41) is 1.73. The van der Waals surface area contributed by atoms with Crippen molar-refractivity contribution in [2.75, 3.05) is 50.8 Å². The average molecular weight is 509 g/mol. The van der Waals surface area contributed by atoms with E-state index in [4.69, 9.17) is 10.5 Å². The van der Waals surface area contributed by atoms with Crippen molar-refractivity contribution in [3.05, 3.63) is 41.5 Å². The highest BCUT2D eigenvalue weighted by molar-refractivity contribution is 6.26. The van der Waals surface area contributed by atoms with Gasteiger partial charge in [-0.15, -0.1) is 0 Å². The standard InChI is InChI=1S/C29H40N4O4/c1-2-3-4-5-6-7-8-9-15-33-27(34)23-12-10-11-22-25(14-13-24(26(22)23)28(33)35)32-18-16-31(17-19-32)20-21-37-29(30)36/h10-14H,2-9,15-21H2,1H3,(H2,30,36). The number of primary amides is 1. The third-order valence-electron chi connectivity index (χ3n) is 7.57. The Hall–Kier alpha value is -3.13. The summed E-state index contributed by atoms with van der Waals surface area (Å²) < 4.78 is 4.86. The normalized spacial score (nSPS) is 16.0. The summed E-state index contributed by atoms with van der Waals surface area (Å²) in [6.45, 7) is 6.91. The van der Waals surface area contributed by atoms with Crippen LogP contribution in [0, 0.1) is 0 Å². The molecule has 2 aromatic rings. The van der Waals surface area contributed by atoms with Crippen LogP contribution in [0.4, 0.5) is 10.5 Å². The molecule has 2 heterocycles. The number of imide groups is 1. The summed E-state index contributed by atoms with van der Waals surface area (Å²) in [6.07, 6.45) is 8.64. The fraction of sp³-hybridized carbons (Fsp3) is 0.552. The molecule has 0 aromatic heterocycles. The summed E-state index contributed by atoms with van der Waals surface area (Å²) in [4.78, 5) is 43.5. The van der Waals surface area contributed by atoms with Gasteiger partial charge in [-0.05, 0) is 24.6 Å². The van der Waals surface area contributed by atoms with Crippen molar-refractivity contribution in [3.63, 3.8) is 0 Å². The lowest BCUT2D eigenvalue weighted by Crippen LogP contribution is -2.47. The number of piperazine rings is 1. The van der Waals surface area contributed by atoms with Gasteiger partial charge in [-0.2, -0.15) is 0 Å². The van der Waals surface area contributed by atoms with E-state index in [9.17, 15) is 14.4 Å². The highest BCUT2D eigenvalue weighted by atomic mass is 16.5. The van der Waals surface area contributed by atoms with Crippen LogP contribution in [0.5, 0.6) is 0 Å². The number of nitrogens with zero attached hydrogens (tertiary/aromatic N) is 3. The minimum atomic E-state index is -0.747. The van der Waals surface area contributed by atoms with Gasteiger partial charge in [-0.3, -0.25) is 19.4 Å². The lowest BCUT2D eigenvalue weighted by molar-refractivity contribution is 0.0607. The van der Waals surface area contributed by atoms with Gasteiger partial charge < -0.3 is 15.4 Å². The van der Waals surface area contributed by atoms with Crippen LogP contribution in [-0.2, 0) is 4.74 Å². The molecule has 0 aliphatic carbocycles. The number of ether oxygens (including phenoxy) is 1. The smallest absolute Gasteiger partial charge is 0.404 e. The van der Waals surface area contributed by atoms with E-state index in [0.717, 1.165) is 61.9 Å². The lowest BCUT2D eigenvalue weighted by atomic mass is 9.92. The number of hydrogen-bond acceptors (Lipinski definition) is 6. The quantitative estimate of drug-likeness (QED) is 0.309. The summed E-state index contributed by atoms with van der Waals surface area (Å²) in [7, 11) is 0. The Kier molecular flexibility index (Phi) is 9.39. The number of hydrogen-bond donors (Lipinski definition) is 1. The first-order chi connectivity index (χ1) is 18.0. The average Bonchev–Trinajstić information content (AvgIpc) is 2.90. The zero-order valence-electron chi connectivity index (χ0n) is 22.0. The summed E-state index contributed by atoms with van der Waals surface area (Å²) in [5.41, 5.74) is 7.33. The van der Waals surface area contributed by atoms with Crippen LogP contribution in [-0.4, -0.2) is 73.6 Å². The van der Waals surface area contributed by atoms with Crippen LogP contribution in [0.3, 0.4) is 0 Å². The van der Waals surface area contributed by atoms with E-state index in [1.165, 1.54) is 37.0 Å². The molecule has 2 aliphatic rings. The molecule has 3 amide bonds. The predicted molar refractivity (Wildman–Crippen MR) is 146 cm³/mol. The Morgan fingerprint density at radius 1 is 0.838 bits per heavy atom. The first-order valence-corrected chi connectivity index (χ1v) is 13.8. The van der Waals surface area contributed by atoms with Crippen LogP contribution >= 0.6 is 0 Å². The molecule has 0 unspecified atom stereocenters. The van der Waals surface area contributed by atoms with Crippen LogP contribution < -0.4 is 10.6 Å². The van der Waals surface area contributed by atoms with Gasteiger partial charge in [0.1, 0.15) is 6.61 Å². The summed E-state index contributed by atoms with van der Waals surface area (Å²) in [5.74, 6) is -0.357. The molecule has 8 nitrogen and oxygen atoms in total. The van der Waals surface area contributed by atoms with Crippen molar-refractivity contribution in [1.29, 1.82) is 0 Å². The molecule has 0 atom stereocenters. The molecule has 2 aliphatic heterocycles. The molecule has 2 N–H and O–H groups in total. The molecule has 1 saturated heterocycles. The Balaban J connectivity index is 1.40. The Morgan fingerprint density at radius 2 is 1.49 bits per heavy atom. The zero-order valence-corrected chi connectivity index (χ0v) is 22.0. The SMILES string of the molecule is CCCCCCCCCCN1C(=O)c2cccc3c(N4CCN(CCOC(N)=O)CC4)ccc(c23)C1=O. The van der Waals surface area contributed by atoms with Gasteiger partial charge in [-0.1, -0.05) is 64.0 Å². The number of rotatable bonds is 13. The number of amides is 3. The lowest BCUT2D eigenvalue weighted by Gasteiger charge is -2.37. The highest BCUT2D eigenvalue weighted by Gasteiger charge is 2.33. The third kappa shape index (κ3) is 6.42. The minimum absolute atomic E-state index is 0.178. The van der Waals surface area contributed by atoms with Crippen LogP contribution in [0.15, 0.2) is 30.3 Å². The second-order valence-electron chi connectivity index (χ2n) is 10.1. The molecule has 0 saturated carbocycles. The van der Waals surface area contributed by atoms with Gasteiger partial charge in [0.15, 0.2) is 0 Å². The Bertz CT molecular complexity index is 1090. The second-order valence-corrected chi connectivity index (χ2v) is 10.1. The number of nitrogens with two attached hydrogens (primary N) is 1. The topological polar surface area (TPSA) is 96.2 Å². The Morgan fingerprint density at radius 3 is 2.16 bits per heavy atom. The molecule has 4 rings (SSSR count). The van der Waals surface area contributed by atoms with Crippen molar-refractivity contribution >= 4 is 34.4 Å². The number of benzene rings is 2. The zero-order chi connectivity index (χ0) is 26.2. The maximum absolute atomic E-state index is 13.4. The molecule has 8 heteroatoms. The summed E-state index contributed by atoms with van der Waals surface area (Å²) in [6, 6.07) is 9.70. The van der Waals surface area contributed by atoms with E-state index >= 15 is 0 Å². The molecule has 2 aromatic carbocycles. The van der Waals surface area contributed by atoms with E-state index < -0.39 is 6.09 Å². The second kappa shape index (κ2) is 12.9. The van der Waals surface area contributed by atoms with Gasteiger partial charge >= 0.3 is 6.09 Å². The molecular weight excluding hydrogens is 468 g/mol. The van der Waals surface area contributed by atoms with Crippen LogP contribution in [0.25, 0.3) is 10.8 Å². The molecule has 0 bridgehead atoms. The van der Waals surface area contributed by atoms with E-state index in [0.29, 0.717) is 24.2 Å². The van der Waals surface area contributed by atoms with Crippen molar-refractivity contribution in [1.82, 2.24) is 9.80 Å². The maximum Gasteiger partial charge on any atom is 0.404 e. The molecule has 0 radical (unpaired) electrons. The fourth-order valence-corrected chi connectivity index (χ4v) is 5.50. The maximum atomic E-state index is 13.4. The van der Waals surface area contributed by atoms with Crippen LogP contribution in [0.2, 0.25) is 0 Å². The minimum Gasteiger partial charge on any atom is -0.448 e. The largest absolute Gasteiger partial charge is 0.448 e. The number of unbranched alkanes of at least 4 members (excludes halogenated alkanes) is 7. The van der Waals surface area contributed by atoms with Gasteiger partial charge in [0.25, 0.3) is 11.8 Å². The van der Waals surface area contributed by atoms with Crippen molar-refractivity contribution < 1.29 is 19.1 Å². The number of carbonyl (C=O) groups is 3. The third-order valence-corrected chi connectivity index (χ3v) is 7.57. The molecule has 0 spiro atoms. The van der Waals surface area contributed by atoms with Gasteiger partial charge in [0, 0.05) is 66.9 Å². The van der Waals surface area contributed by atoms with Gasteiger partial charge in [-0.25, -0.2) is 4.79 Å². The first-order valence-electron chi connectivity index (χ1n) is 13.8. The van der Waals surface area contributed by atoms with E-state index in [2.05, 4.69) is 16.7 Å². The van der Waals surface area contributed by atoms with Crippen LogP contribution in [0.1, 0.15) is 79.0 Å². The van der Waals surface area contributed by atoms with E-state index in [1.807, 2.05) is 30.3 Å². The fourth-order valence-electron chi connectivity index (χ4n) is 5.50. The van der Waals surface area contributed by atoms with E-state index in [1.54, 1.807) is 0 Å². The number of carbonyl (C=O) groups excluding carboxylic acids is 3. The number of anilines is 1. The van der Waals surface area contributed by atoms with Crippen molar-refractivity contribution in [3.8, 4) is 0 Å². The van der Waals surface area contributed by atoms with Crippen molar-refractivity contribution in [2.24, 2.45) is 5.73 Å². The Labute approximate surface area is 219 Å². The molecular formula is C29H40N4O4. The monoisotopic (exact) mass is 508 g/mol. The predicted octanol–water partition coefficient (Wildman–Crippen LogP) is 4.79. The first kappa shape index (κ1) is 26.9. The summed E-state index contributed by atoms with van der Waals surface area (Å²) >= 11 is 0. The van der Waals surface area contributed by atoms with Crippen molar-refractivity contribution in [2.45, 2.75) is 58.3 Å². The molecule has 1 fully saturated rings. The molecule has 200 valence electrons. The highest BCUT2D eigenvalue weighted by Crippen LogP contribution is 2.36.